The van der Waals surface area contributed by atoms with Crippen LogP contribution in [0.2, 0.25) is 0 Å². The van der Waals surface area contributed by atoms with E-state index in [0.29, 0.717) is 13.0 Å². The lowest BCUT2D eigenvalue weighted by molar-refractivity contribution is -0.141. The summed E-state index contributed by atoms with van der Waals surface area (Å²) in [5, 5.41) is 9.30. The monoisotopic (exact) mass is 299 g/mol. The van der Waals surface area contributed by atoms with E-state index in [1.807, 2.05) is 0 Å². The number of likely N-dealkylation sites (tertiary alicyclic amines) is 2. The van der Waals surface area contributed by atoms with Crippen molar-refractivity contribution in [2.45, 2.75) is 37.5 Å². The van der Waals surface area contributed by atoms with Crippen molar-refractivity contribution in [3.05, 3.63) is 0 Å². The molecule has 0 radical (unpaired) electrons. The molecule has 2 aliphatic heterocycles. The van der Waals surface area contributed by atoms with Crippen molar-refractivity contribution in [2.24, 2.45) is 0 Å². The number of ether oxygens (including phenoxy) is 1. The van der Waals surface area contributed by atoms with E-state index in [2.05, 4.69) is 11.9 Å². The maximum atomic E-state index is 12.6. The Bertz CT molecular complexity index is 396. The fraction of sp³-hybridized carbons (Fsp3) is 0.857. The van der Waals surface area contributed by atoms with Gasteiger partial charge in [0.25, 0.3) is 0 Å². The van der Waals surface area contributed by atoms with Gasteiger partial charge in [-0.3, -0.25) is 0 Å². The van der Waals surface area contributed by atoms with Crippen molar-refractivity contribution in [3.8, 4) is 0 Å². The van der Waals surface area contributed by atoms with Crippen LogP contribution in [0.25, 0.3) is 0 Å². The van der Waals surface area contributed by atoms with Gasteiger partial charge in [0.2, 0.25) is 0 Å². The van der Waals surface area contributed by atoms with Gasteiger partial charge in [0.05, 0.1) is 6.10 Å². The Morgan fingerprint density at radius 1 is 1.29 bits per heavy atom. The van der Waals surface area contributed by atoms with E-state index in [-0.39, 0.29) is 18.2 Å². The lowest BCUT2D eigenvalue weighted by Gasteiger charge is -2.37. The number of methoxy groups -OCH3 is 1. The maximum Gasteiger partial charge on any atom is 0.326 e. The normalized spacial score (nSPS) is 27.9. The highest BCUT2D eigenvalue weighted by Crippen LogP contribution is 2.24. The van der Waals surface area contributed by atoms with Crippen molar-refractivity contribution in [2.75, 3.05) is 40.8 Å². The van der Waals surface area contributed by atoms with Crippen molar-refractivity contribution >= 4 is 12.0 Å². The Balaban J connectivity index is 2.02. The summed E-state index contributed by atoms with van der Waals surface area (Å²) in [6.07, 6.45) is 2.02. The molecule has 2 heterocycles. The first-order valence-electron chi connectivity index (χ1n) is 7.41. The quantitative estimate of drug-likeness (QED) is 0.812. The van der Waals surface area contributed by atoms with Crippen LogP contribution in [-0.4, -0.2) is 90.8 Å². The molecular weight excluding hydrogens is 274 g/mol. The molecule has 2 amide bonds. The number of urea groups is 1. The third-order valence-electron chi connectivity index (χ3n) is 4.66. The molecule has 2 saturated heterocycles. The average molecular weight is 299 g/mol. The lowest BCUT2D eigenvalue weighted by Crippen LogP contribution is -2.52. The number of nitrogens with zero attached hydrogens (tertiary/aromatic N) is 3. The Labute approximate surface area is 125 Å². The Morgan fingerprint density at radius 2 is 1.90 bits per heavy atom. The van der Waals surface area contributed by atoms with Crippen LogP contribution in [0.15, 0.2) is 0 Å². The van der Waals surface area contributed by atoms with Crippen LogP contribution >= 0.6 is 0 Å². The number of piperidine rings is 1. The van der Waals surface area contributed by atoms with Gasteiger partial charge in [-0.25, -0.2) is 9.59 Å². The zero-order valence-electron chi connectivity index (χ0n) is 13.0. The molecule has 120 valence electrons. The van der Waals surface area contributed by atoms with Crippen molar-refractivity contribution in [1.82, 2.24) is 14.7 Å². The lowest BCUT2D eigenvalue weighted by atomic mass is 10.0. The standard InChI is InChI=1S/C14H25N3O4/c1-15-6-4-10(5-7-15)16(2)14(20)17-9-11(21-3)8-12(17)13(18)19/h10-12H,4-9H2,1-3H3,(H,18,19). The number of hydrogen-bond donors (Lipinski definition) is 1. The number of carboxylic acid groups (broad SMARTS) is 1. The van der Waals surface area contributed by atoms with Crippen molar-refractivity contribution < 1.29 is 19.4 Å². The molecule has 0 aliphatic carbocycles. The molecule has 2 aliphatic rings. The minimum Gasteiger partial charge on any atom is -0.480 e. The van der Waals surface area contributed by atoms with Crippen LogP contribution < -0.4 is 0 Å². The molecule has 0 saturated carbocycles. The van der Waals surface area contributed by atoms with Crippen LogP contribution in [0.3, 0.4) is 0 Å². The molecule has 21 heavy (non-hydrogen) atoms. The van der Waals surface area contributed by atoms with Crippen LogP contribution in [-0.2, 0) is 9.53 Å². The van der Waals surface area contributed by atoms with Gasteiger partial charge in [-0.15, -0.1) is 0 Å². The van der Waals surface area contributed by atoms with Crippen molar-refractivity contribution in [3.63, 3.8) is 0 Å². The largest absolute Gasteiger partial charge is 0.480 e. The predicted molar refractivity (Wildman–Crippen MR) is 77.2 cm³/mol. The molecule has 2 fully saturated rings. The van der Waals surface area contributed by atoms with Crippen LogP contribution in [0.1, 0.15) is 19.3 Å². The summed E-state index contributed by atoms with van der Waals surface area (Å²) in [5.74, 6) is -0.959. The highest BCUT2D eigenvalue weighted by molar-refractivity contribution is 5.83. The number of carbonyl (C=O) groups is 2. The summed E-state index contributed by atoms with van der Waals surface area (Å²) in [5.41, 5.74) is 0. The van der Waals surface area contributed by atoms with Gasteiger partial charge in [0, 0.05) is 33.2 Å². The molecule has 2 rings (SSSR count). The van der Waals surface area contributed by atoms with Gasteiger partial charge in [0.1, 0.15) is 6.04 Å². The summed E-state index contributed by atoms with van der Waals surface area (Å²) >= 11 is 0. The minimum absolute atomic E-state index is 0.185. The Kier molecular flexibility index (Phi) is 5.05. The molecule has 0 aromatic carbocycles. The van der Waals surface area contributed by atoms with E-state index >= 15 is 0 Å². The summed E-state index contributed by atoms with van der Waals surface area (Å²) < 4.78 is 5.23. The minimum atomic E-state index is -0.959. The smallest absolute Gasteiger partial charge is 0.326 e. The molecule has 7 nitrogen and oxygen atoms in total. The van der Waals surface area contributed by atoms with E-state index in [1.54, 1.807) is 19.1 Å². The number of carbonyl (C=O) groups excluding carboxylic acids is 1. The summed E-state index contributed by atoms with van der Waals surface area (Å²) in [7, 11) is 5.40. The van der Waals surface area contributed by atoms with Gasteiger partial charge in [-0.05, 0) is 33.0 Å². The first-order chi connectivity index (χ1) is 9.93. The Hall–Kier alpha value is -1.34. The number of carboxylic acids is 1. The zero-order chi connectivity index (χ0) is 15.6. The second-order valence-electron chi connectivity index (χ2n) is 6.03. The van der Waals surface area contributed by atoms with Gasteiger partial charge in [-0.2, -0.15) is 0 Å². The van der Waals surface area contributed by atoms with E-state index in [4.69, 9.17) is 4.74 Å². The third-order valence-corrected chi connectivity index (χ3v) is 4.66. The number of hydrogen-bond acceptors (Lipinski definition) is 4. The molecule has 0 bridgehead atoms. The second-order valence-corrected chi connectivity index (χ2v) is 6.03. The molecule has 0 aromatic heterocycles. The molecular formula is C14H25N3O4. The van der Waals surface area contributed by atoms with Crippen LogP contribution in [0.4, 0.5) is 4.79 Å². The average Bonchev–Trinajstić information content (AvgIpc) is 2.91. The number of amides is 2. The Morgan fingerprint density at radius 3 is 2.43 bits per heavy atom. The highest BCUT2D eigenvalue weighted by atomic mass is 16.5. The first kappa shape index (κ1) is 16.0. The van der Waals surface area contributed by atoms with Crippen molar-refractivity contribution in [1.29, 1.82) is 0 Å². The molecule has 7 heteroatoms. The van der Waals surface area contributed by atoms with Gasteiger partial charge in [-0.1, -0.05) is 0 Å². The van der Waals surface area contributed by atoms with Crippen LogP contribution in [0, 0.1) is 0 Å². The summed E-state index contributed by atoms with van der Waals surface area (Å²) in [4.78, 5) is 29.4. The van der Waals surface area contributed by atoms with E-state index in [1.165, 1.54) is 4.90 Å². The maximum absolute atomic E-state index is 12.6. The molecule has 2 unspecified atom stereocenters. The summed E-state index contributed by atoms with van der Waals surface area (Å²) in [6, 6.07) is -0.794. The third kappa shape index (κ3) is 3.47. The topological polar surface area (TPSA) is 73.3 Å². The molecule has 2 atom stereocenters. The number of aliphatic carboxylic acids is 1. The summed E-state index contributed by atoms with van der Waals surface area (Å²) in [6.45, 7) is 2.28. The zero-order valence-corrected chi connectivity index (χ0v) is 13.0. The second kappa shape index (κ2) is 6.62. The van der Waals surface area contributed by atoms with Gasteiger partial charge < -0.3 is 24.5 Å². The van der Waals surface area contributed by atoms with E-state index < -0.39 is 12.0 Å². The molecule has 0 aromatic rings. The fourth-order valence-electron chi connectivity index (χ4n) is 3.15. The van der Waals surface area contributed by atoms with Crippen LogP contribution in [0.5, 0.6) is 0 Å². The molecule has 1 N–H and O–H groups in total. The van der Waals surface area contributed by atoms with Gasteiger partial charge in [0.15, 0.2) is 0 Å². The van der Waals surface area contributed by atoms with E-state index in [0.717, 1.165) is 25.9 Å². The first-order valence-corrected chi connectivity index (χ1v) is 7.41. The predicted octanol–water partition coefficient (Wildman–Crippen LogP) is 0.306. The SMILES string of the molecule is COC1CC(C(=O)O)N(C(=O)N(C)C2CCN(C)CC2)C1. The highest BCUT2D eigenvalue weighted by Gasteiger charge is 2.42. The van der Waals surface area contributed by atoms with Gasteiger partial charge >= 0.3 is 12.0 Å². The number of rotatable bonds is 3. The molecule has 0 spiro atoms. The van der Waals surface area contributed by atoms with E-state index in [9.17, 15) is 14.7 Å². The fourth-order valence-corrected chi connectivity index (χ4v) is 3.15.